The van der Waals surface area contributed by atoms with Crippen LogP contribution >= 0.6 is 0 Å². The lowest BCUT2D eigenvalue weighted by molar-refractivity contribution is 0.446. The second-order valence-corrected chi connectivity index (χ2v) is 2.74. The smallest absolute Gasteiger partial charge is 0.195 e. The fraction of sp³-hybridized carbons (Fsp3) is 0.200. The first-order valence-electron chi connectivity index (χ1n) is 4.17. The van der Waals surface area contributed by atoms with Crippen molar-refractivity contribution >= 4 is 6.08 Å². The molecule has 1 aromatic rings. The summed E-state index contributed by atoms with van der Waals surface area (Å²) in [6.07, 6.45) is 3.55. The Balaban J connectivity index is 2.94. The van der Waals surface area contributed by atoms with E-state index < -0.39 is 17.5 Å². The minimum Gasteiger partial charge on any atom is -0.330 e. The Kier molecular flexibility index (Phi) is 3.71. The molecule has 0 atom stereocenters. The van der Waals surface area contributed by atoms with Gasteiger partial charge in [0.25, 0.3) is 0 Å². The molecule has 0 heterocycles. The molecular formula is C10H10F3N. The summed E-state index contributed by atoms with van der Waals surface area (Å²) in [5, 5.41) is 0. The molecule has 0 aromatic heterocycles. The van der Waals surface area contributed by atoms with Crippen LogP contribution in [-0.2, 0) is 0 Å². The molecule has 0 unspecified atom stereocenters. The quantitative estimate of drug-likeness (QED) is 0.747. The predicted molar refractivity (Wildman–Crippen MR) is 49.0 cm³/mol. The van der Waals surface area contributed by atoms with Crippen LogP contribution in [-0.4, -0.2) is 6.54 Å². The Hall–Kier alpha value is -1.29. The van der Waals surface area contributed by atoms with E-state index in [0.717, 1.165) is 6.07 Å². The van der Waals surface area contributed by atoms with Gasteiger partial charge in [-0.15, -0.1) is 0 Å². The van der Waals surface area contributed by atoms with Gasteiger partial charge in [0.2, 0.25) is 0 Å². The summed E-state index contributed by atoms with van der Waals surface area (Å²) < 4.78 is 38.2. The summed E-state index contributed by atoms with van der Waals surface area (Å²) in [7, 11) is 0. The summed E-state index contributed by atoms with van der Waals surface area (Å²) >= 11 is 0. The van der Waals surface area contributed by atoms with Gasteiger partial charge in [0.15, 0.2) is 17.5 Å². The summed E-state index contributed by atoms with van der Waals surface area (Å²) in [5.41, 5.74) is 5.23. The molecule has 0 amide bonds. The molecule has 0 aliphatic heterocycles. The maximum Gasteiger partial charge on any atom is 0.195 e. The Morgan fingerprint density at radius 1 is 1.14 bits per heavy atom. The number of hydrogen-bond donors (Lipinski definition) is 1. The van der Waals surface area contributed by atoms with Crippen LogP contribution in [0.4, 0.5) is 13.2 Å². The molecule has 0 spiro atoms. The van der Waals surface area contributed by atoms with Crippen molar-refractivity contribution in [1.29, 1.82) is 0 Å². The highest BCUT2D eigenvalue weighted by Crippen LogP contribution is 2.16. The molecule has 2 N–H and O–H groups in total. The second-order valence-electron chi connectivity index (χ2n) is 2.74. The highest BCUT2D eigenvalue weighted by Gasteiger charge is 2.10. The van der Waals surface area contributed by atoms with Gasteiger partial charge in [-0.3, -0.25) is 0 Å². The zero-order valence-electron chi connectivity index (χ0n) is 7.43. The van der Waals surface area contributed by atoms with Crippen molar-refractivity contribution in [3.8, 4) is 0 Å². The molecule has 0 aliphatic rings. The van der Waals surface area contributed by atoms with E-state index in [-0.39, 0.29) is 5.56 Å². The highest BCUT2D eigenvalue weighted by molar-refractivity contribution is 5.50. The molecule has 0 aliphatic carbocycles. The van der Waals surface area contributed by atoms with Gasteiger partial charge in [-0.1, -0.05) is 12.2 Å². The number of hydrogen-bond acceptors (Lipinski definition) is 1. The standard InChI is InChI=1S/C10H10F3N/c11-8-5-4-7(3-1-2-6-14)9(12)10(8)13/h1,3-5H,2,6,14H2. The molecule has 0 radical (unpaired) electrons. The first kappa shape index (κ1) is 10.8. The first-order valence-corrected chi connectivity index (χ1v) is 4.17. The van der Waals surface area contributed by atoms with Gasteiger partial charge in [-0.2, -0.15) is 0 Å². The number of benzene rings is 1. The molecule has 1 nitrogen and oxygen atoms in total. The third-order valence-electron chi connectivity index (χ3n) is 1.70. The van der Waals surface area contributed by atoms with Crippen molar-refractivity contribution in [1.82, 2.24) is 0 Å². The number of rotatable bonds is 3. The van der Waals surface area contributed by atoms with E-state index in [1.54, 1.807) is 6.08 Å². The Labute approximate surface area is 80.0 Å². The van der Waals surface area contributed by atoms with E-state index in [1.165, 1.54) is 12.1 Å². The minimum atomic E-state index is -1.44. The van der Waals surface area contributed by atoms with Crippen LogP contribution in [0, 0.1) is 17.5 Å². The lowest BCUT2D eigenvalue weighted by Crippen LogP contribution is -1.96. The summed E-state index contributed by atoms with van der Waals surface area (Å²) in [6, 6.07) is 2.07. The molecule has 14 heavy (non-hydrogen) atoms. The fourth-order valence-electron chi connectivity index (χ4n) is 0.976. The molecule has 4 heteroatoms. The molecular weight excluding hydrogens is 191 g/mol. The van der Waals surface area contributed by atoms with E-state index in [0.29, 0.717) is 13.0 Å². The van der Waals surface area contributed by atoms with E-state index in [4.69, 9.17) is 5.73 Å². The monoisotopic (exact) mass is 201 g/mol. The third kappa shape index (κ3) is 2.35. The zero-order valence-corrected chi connectivity index (χ0v) is 7.43. The van der Waals surface area contributed by atoms with Crippen molar-refractivity contribution in [3.05, 3.63) is 41.2 Å². The zero-order chi connectivity index (χ0) is 10.6. The highest BCUT2D eigenvalue weighted by atomic mass is 19.2. The van der Waals surface area contributed by atoms with Gasteiger partial charge >= 0.3 is 0 Å². The normalized spacial score (nSPS) is 11.1. The van der Waals surface area contributed by atoms with Crippen LogP contribution in [0.3, 0.4) is 0 Å². The van der Waals surface area contributed by atoms with Gasteiger partial charge in [-0.25, -0.2) is 13.2 Å². The molecule has 1 rings (SSSR count). The van der Waals surface area contributed by atoms with Crippen molar-refractivity contribution < 1.29 is 13.2 Å². The summed E-state index contributed by atoms with van der Waals surface area (Å²) in [6.45, 7) is 0.432. The summed E-state index contributed by atoms with van der Waals surface area (Å²) in [4.78, 5) is 0. The van der Waals surface area contributed by atoms with Crippen LogP contribution in [0.25, 0.3) is 6.08 Å². The van der Waals surface area contributed by atoms with Crippen LogP contribution < -0.4 is 5.73 Å². The van der Waals surface area contributed by atoms with Gasteiger partial charge in [0, 0.05) is 5.56 Å². The third-order valence-corrected chi connectivity index (χ3v) is 1.70. The predicted octanol–water partition coefficient (Wildman–Crippen LogP) is 2.47. The van der Waals surface area contributed by atoms with Crippen LogP contribution in [0.2, 0.25) is 0 Å². The molecule has 0 bridgehead atoms. The Morgan fingerprint density at radius 3 is 2.50 bits per heavy atom. The Morgan fingerprint density at radius 2 is 1.86 bits per heavy atom. The molecule has 0 fully saturated rings. The van der Waals surface area contributed by atoms with Gasteiger partial charge in [0.05, 0.1) is 0 Å². The van der Waals surface area contributed by atoms with Crippen LogP contribution in [0.5, 0.6) is 0 Å². The summed E-state index contributed by atoms with van der Waals surface area (Å²) in [5.74, 6) is -3.79. The van der Waals surface area contributed by atoms with E-state index in [9.17, 15) is 13.2 Å². The van der Waals surface area contributed by atoms with E-state index >= 15 is 0 Å². The van der Waals surface area contributed by atoms with Crippen LogP contribution in [0.15, 0.2) is 18.2 Å². The fourth-order valence-corrected chi connectivity index (χ4v) is 0.976. The maximum atomic E-state index is 13.0. The average molecular weight is 201 g/mol. The largest absolute Gasteiger partial charge is 0.330 e. The van der Waals surface area contributed by atoms with Gasteiger partial charge in [0.1, 0.15) is 0 Å². The van der Waals surface area contributed by atoms with Crippen molar-refractivity contribution in [2.45, 2.75) is 6.42 Å². The molecule has 0 saturated carbocycles. The average Bonchev–Trinajstić information content (AvgIpc) is 2.18. The lowest BCUT2D eigenvalue weighted by atomic mass is 10.1. The van der Waals surface area contributed by atoms with Crippen molar-refractivity contribution in [2.24, 2.45) is 5.73 Å². The molecule has 0 saturated heterocycles. The Bertz CT molecular complexity index is 347. The first-order chi connectivity index (χ1) is 6.66. The van der Waals surface area contributed by atoms with Crippen LogP contribution in [0.1, 0.15) is 12.0 Å². The van der Waals surface area contributed by atoms with Gasteiger partial charge in [-0.05, 0) is 25.1 Å². The van der Waals surface area contributed by atoms with E-state index in [2.05, 4.69) is 0 Å². The van der Waals surface area contributed by atoms with Crippen molar-refractivity contribution in [2.75, 3.05) is 6.54 Å². The maximum absolute atomic E-state index is 13.0. The molecule has 1 aromatic carbocycles. The number of nitrogens with two attached hydrogens (primary N) is 1. The number of halogens is 3. The van der Waals surface area contributed by atoms with Gasteiger partial charge < -0.3 is 5.73 Å². The SMILES string of the molecule is NCCC=Cc1ccc(F)c(F)c1F. The van der Waals surface area contributed by atoms with E-state index in [1.807, 2.05) is 0 Å². The second kappa shape index (κ2) is 4.81. The van der Waals surface area contributed by atoms with Crippen molar-refractivity contribution in [3.63, 3.8) is 0 Å². The molecule has 76 valence electrons. The topological polar surface area (TPSA) is 26.0 Å². The lowest BCUT2D eigenvalue weighted by Gasteiger charge is -1.98. The minimum absolute atomic E-state index is 0.0253.